The number of aliphatic carboxylic acids is 2. The number of nitrogens with zero attached hydrogens (tertiary/aromatic N) is 2. The summed E-state index contributed by atoms with van der Waals surface area (Å²) in [4.78, 5) is 30.7. The molecule has 0 aromatic rings. The minimum Gasteiger partial charge on any atom is -0.479 e. The first kappa shape index (κ1) is 12.3. The van der Waals surface area contributed by atoms with Gasteiger partial charge in [-0.3, -0.25) is 0 Å². The molecule has 6 heteroatoms. The summed E-state index contributed by atoms with van der Waals surface area (Å²) in [6.45, 7) is 0. The third-order valence-corrected chi connectivity index (χ3v) is 4.02. The number of aliphatic imine (C=N–C) groups is 2. The van der Waals surface area contributed by atoms with Gasteiger partial charge in [-0.15, -0.1) is 0 Å². The first-order chi connectivity index (χ1) is 9.01. The van der Waals surface area contributed by atoms with Gasteiger partial charge in [0.05, 0.1) is 5.71 Å². The maximum absolute atomic E-state index is 11.7. The number of carbonyl (C=O) groups is 2. The van der Waals surface area contributed by atoms with E-state index in [0.717, 1.165) is 25.7 Å². The molecule has 2 saturated carbocycles. The fraction of sp³-hybridized carbons (Fsp3) is 0.692. The zero-order chi connectivity index (χ0) is 13.6. The molecule has 19 heavy (non-hydrogen) atoms. The minimum absolute atomic E-state index is 0.345. The van der Waals surface area contributed by atoms with E-state index in [1.54, 1.807) is 0 Å². The zero-order valence-electron chi connectivity index (χ0n) is 10.5. The molecule has 0 saturated heterocycles. The van der Waals surface area contributed by atoms with E-state index in [1.807, 2.05) is 0 Å². The standard InChI is InChI=1S/C13H16N2O4/c16-11(17)10-14-9(5-7-1-2-7)13(15-10,12(18)19)6-8-3-4-8/h7-8H,1-6H2,(H,16,17)(H,18,19). The third-order valence-electron chi connectivity index (χ3n) is 4.02. The summed E-state index contributed by atoms with van der Waals surface area (Å²) in [5.74, 6) is -1.85. The first-order valence-corrected chi connectivity index (χ1v) is 6.66. The summed E-state index contributed by atoms with van der Waals surface area (Å²) < 4.78 is 0. The molecule has 0 aromatic carbocycles. The van der Waals surface area contributed by atoms with Crippen molar-refractivity contribution in [2.45, 2.75) is 44.1 Å². The van der Waals surface area contributed by atoms with Crippen LogP contribution in [0, 0.1) is 11.8 Å². The van der Waals surface area contributed by atoms with Crippen LogP contribution < -0.4 is 0 Å². The monoisotopic (exact) mass is 264 g/mol. The van der Waals surface area contributed by atoms with Gasteiger partial charge in [-0.2, -0.15) is 0 Å². The molecule has 0 bridgehead atoms. The molecule has 0 spiro atoms. The SMILES string of the molecule is O=C(O)C1=NC(CC2CC2)(C(=O)O)C(CC2CC2)=N1. The Labute approximate surface area is 110 Å². The average molecular weight is 264 g/mol. The van der Waals surface area contributed by atoms with E-state index < -0.39 is 17.5 Å². The Morgan fingerprint density at radius 1 is 1.16 bits per heavy atom. The second-order valence-electron chi connectivity index (χ2n) is 5.76. The van der Waals surface area contributed by atoms with Crippen LogP contribution in [0.15, 0.2) is 9.98 Å². The summed E-state index contributed by atoms with van der Waals surface area (Å²) in [6, 6.07) is 0. The van der Waals surface area contributed by atoms with E-state index in [-0.39, 0.29) is 5.84 Å². The van der Waals surface area contributed by atoms with Crippen molar-refractivity contribution in [1.82, 2.24) is 0 Å². The van der Waals surface area contributed by atoms with Crippen LogP contribution >= 0.6 is 0 Å². The van der Waals surface area contributed by atoms with E-state index in [4.69, 9.17) is 5.11 Å². The molecule has 2 N–H and O–H groups in total. The van der Waals surface area contributed by atoms with E-state index in [9.17, 15) is 14.7 Å². The second kappa shape index (κ2) is 4.15. The number of hydrogen-bond donors (Lipinski definition) is 2. The smallest absolute Gasteiger partial charge is 0.373 e. The van der Waals surface area contributed by atoms with Gasteiger partial charge in [0.25, 0.3) is 0 Å². The van der Waals surface area contributed by atoms with Crippen molar-refractivity contribution in [3.63, 3.8) is 0 Å². The Morgan fingerprint density at radius 3 is 2.26 bits per heavy atom. The van der Waals surface area contributed by atoms with Crippen molar-refractivity contribution in [2.24, 2.45) is 21.8 Å². The lowest BCUT2D eigenvalue weighted by atomic mass is 9.85. The lowest BCUT2D eigenvalue weighted by molar-refractivity contribution is -0.140. The first-order valence-electron chi connectivity index (χ1n) is 6.66. The number of carboxylic acids is 2. The molecule has 2 fully saturated rings. The van der Waals surface area contributed by atoms with Gasteiger partial charge < -0.3 is 10.2 Å². The number of hydrogen-bond acceptors (Lipinski definition) is 4. The molecule has 3 aliphatic rings. The van der Waals surface area contributed by atoms with Crippen LogP contribution in [0.5, 0.6) is 0 Å². The normalized spacial score (nSPS) is 29.9. The molecule has 1 unspecified atom stereocenters. The van der Waals surface area contributed by atoms with Gasteiger partial charge in [0.1, 0.15) is 0 Å². The minimum atomic E-state index is -1.41. The molecule has 3 rings (SSSR count). The molecule has 1 heterocycles. The highest BCUT2D eigenvalue weighted by Crippen LogP contribution is 2.43. The van der Waals surface area contributed by atoms with E-state index in [0.29, 0.717) is 30.4 Å². The van der Waals surface area contributed by atoms with Crippen LogP contribution in [0.1, 0.15) is 38.5 Å². The summed E-state index contributed by atoms with van der Waals surface area (Å²) in [6.07, 6.45) is 5.11. The van der Waals surface area contributed by atoms with E-state index >= 15 is 0 Å². The maximum Gasteiger partial charge on any atom is 0.373 e. The molecule has 0 amide bonds. The molecule has 1 aliphatic heterocycles. The van der Waals surface area contributed by atoms with Crippen molar-refractivity contribution >= 4 is 23.5 Å². The third kappa shape index (κ3) is 2.27. The van der Waals surface area contributed by atoms with Gasteiger partial charge in [0.15, 0.2) is 5.54 Å². The number of amidine groups is 1. The van der Waals surface area contributed by atoms with Gasteiger partial charge >= 0.3 is 11.9 Å². The highest BCUT2D eigenvalue weighted by Gasteiger charge is 2.52. The van der Waals surface area contributed by atoms with Gasteiger partial charge in [-0.25, -0.2) is 19.6 Å². The maximum atomic E-state index is 11.7. The van der Waals surface area contributed by atoms with Gasteiger partial charge in [-0.1, -0.05) is 12.8 Å². The van der Waals surface area contributed by atoms with Crippen molar-refractivity contribution < 1.29 is 19.8 Å². The predicted octanol–water partition coefficient (Wildman–Crippen LogP) is 1.35. The lowest BCUT2D eigenvalue weighted by Gasteiger charge is -2.23. The highest BCUT2D eigenvalue weighted by atomic mass is 16.4. The van der Waals surface area contributed by atoms with Gasteiger partial charge in [0.2, 0.25) is 5.84 Å². The van der Waals surface area contributed by atoms with Crippen molar-refractivity contribution in [3.05, 3.63) is 0 Å². The van der Waals surface area contributed by atoms with Gasteiger partial charge in [-0.05, 0) is 37.5 Å². The molecular formula is C13H16N2O4. The van der Waals surface area contributed by atoms with Crippen molar-refractivity contribution in [2.75, 3.05) is 0 Å². The summed E-state index contributed by atoms with van der Waals surface area (Å²) >= 11 is 0. The quantitative estimate of drug-likeness (QED) is 0.756. The van der Waals surface area contributed by atoms with Crippen LogP contribution in [0.25, 0.3) is 0 Å². The van der Waals surface area contributed by atoms with Crippen molar-refractivity contribution in [1.29, 1.82) is 0 Å². The Balaban J connectivity index is 1.94. The molecule has 6 nitrogen and oxygen atoms in total. The molecule has 0 aromatic heterocycles. The van der Waals surface area contributed by atoms with E-state index in [1.165, 1.54) is 0 Å². The molecule has 1 atom stereocenters. The molecule has 102 valence electrons. The average Bonchev–Trinajstić information content (AvgIpc) is 3.20. The summed E-state index contributed by atoms with van der Waals surface area (Å²) in [7, 11) is 0. The number of carboxylic acid groups (broad SMARTS) is 2. The van der Waals surface area contributed by atoms with Crippen LogP contribution in [0.4, 0.5) is 0 Å². The predicted molar refractivity (Wildman–Crippen MR) is 67.6 cm³/mol. The molecular weight excluding hydrogens is 248 g/mol. The highest BCUT2D eigenvalue weighted by molar-refractivity contribution is 6.40. The van der Waals surface area contributed by atoms with Crippen molar-refractivity contribution in [3.8, 4) is 0 Å². The van der Waals surface area contributed by atoms with Crippen LogP contribution in [0.2, 0.25) is 0 Å². The van der Waals surface area contributed by atoms with E-state index in [2.05, 4.69) is 9.98 Å². The Morgan fingerprint density at radius 2 is 1.79 bits per heavy atom. The van der Waals surface area contributed by atoms with Crippen LogP contribution in [-0.4, -0.2) is 39.2 Å². The fourth-order valence-corrected chi connectivity index (χ4v) is 2.56. The van der Waals surface area contributed by atoms with Crippen LogP contribution in [0.3, 0.4) is 0 Å². The topological polar surface area (TPSA) is 99.3 Å². The Hall–Kier alpha value is -1.72. The largest absolute Gasteiger partial charge is 0.479 e. The molecule has 0 radical (unpaired) electrons. The zero-order valence-corrected chi connectivity index (χ0v) is 10.5. The Bertz CT molecular complexity index is 503. The Kier molecular flexibility index (Phi) is 2.69. The molecule has 2 aliphatic carbocycles. The summed E-state index contributed by atoms with van der Waals surface area (Å²) in [5, 5.41) is 18.6. The second-order valence-corrected chi connectivity index (χ2v) is 5.76. The van der Waals surface area contributed by atoms with Crippen LogP contribution in [-0.2, 0) is 9.59 Å². The lowest BCUT2D eigenvalue weighted by Crippen LogP contribution is -2.44. The van der Waals surface area contributed by atoms with Gasteiger partial charge in [0, 0.05) is 0 Å². The number of rotatable bonds is 6. The summed E-state index contributed by atoms with van der Waals surface area (Å²) in [5.41, 5.74) is -0.955. The fourth-order valence-electron chi connectivity index (χ4n) is 2.56.